The summed E-state index contributed by atoms with van der Waals surface area (Å²) < 4.78 is 12.9. The number of unbranched alkanes of at least 4 members (excludes halogenated alkanes) is 2. The highest BCUT2D eigenvalue weighted by Gasteiger charge is 2.75. The number of benzene rings is 1. The number of carbonyl (C=O) groups is 4. The van der Waals surface area contributed by atoms with Crippen LogP contribution in [0.3, 0.4) is 0 Å². The summed E-state index contributed by atoms with van der Waals surface area (Å²) in [5.41, 5.74) is -0.516. The van der Waals surface area contributed by atoms with Crippen molar-refractivity contribution in [2.75, 3.05) is 19.7 Å². The Morgan fingerprint density at radius 2 is 1.89 bits per heavy atom. The van der Waals surface area contributed by atoms with Crippen LogP contribution in [0, 0.1) is 17.8 Å². The van der Waals surface area contributed by atoms with Crippen LogP contribution in [0.4, 0.5) is 0 Å². The Bertz CT molecular complexity index is 1290. The van der Waals surface area contributed by atoms with Gasteiger partial charge in [-0.15, -0.1) is 13.2 Å². The number of carbonyl (C=O) groups excluding carboxylic acids is 4. The first-order valence-electron chi connectivity index (χ1n) is 17.2. The van der Waals surface area contributed by atoms with E-state index in [2.05, 4.69) is 25.4 Å². The molecule has 0 aromatic heterocycles. The highest BCUT2D eigenvalue weighted by Crippen LogP contribution is 2.59. The molecule has 2 bridgehead atoms. The molecule has 258 valence electrons. The summed E-state index contributed by atoms with van der Waals surface area (Å²) in [4.78, 5) is 59.2. The van der Waals surface area contributed by atoms with Gasteiger partial charge in [-0.1, -0.05) is 76.1 Å². The van der Waals surface area contributed by atoms with Gasteiger partial charge in [-0.25, -0.2) is 0 Å². The Kier molecular flexibility index (Phi) is 12.4. The highest BCUT2D eigenvalue weighted by atomic mass is 16.6. The van der Waals surface area contributed by atoms with Crippen LogP contribution < -0.4 is 5.32 Å². The van der Waals surface area contributed by atoms with E-state index in [9.17, 15) is 24.3 Å². The molecule has 3 saturated heterocycles. The molecule has 3 heterocycles. The van der Waals surface area contributed by atoms with Gasteiger partial charge in [0, 0.05) is 19.5 Å². The van der Waals surface area contributed by atoms with Crippen molar-refractivity contribution in [3.8, 4) is 0 Å². The van der Waals surface area contributed by atoms with Crippen molar-refractivity contribution >= 4 is 23.7 Å². The summed E-state index contributed by atoms with van der Waals surface area (Å²) in [6.45, 7) is 15.7. The van der Waals surface area contributed by atoms with E-state index >= 15 is 0 Å². The first-order chi connectivity index (χ1) is 22.6. The first kappa shape index (κ1) is 36.3. The van der Waals surface area contributed by atoms with Crippen molar-refractivity contribution in [2.24, 2.45) is 17.8 Å². The molecule has 8 atom stereocenters. The lowest BCUT2D eigenvalue weighted by molar-refractivity contribution is -0.163. The summed E-state index contributed by atoms with van der Waals surface area (Å²) in [5.74, 6) is -3.43. The van der Waals surface area contributed by atoms with Gasteiger partial charge in [0.2, 0.25) is 17.7 Å². The number of nitrogens with zero attached hydrogens (tertiary/aromatic N) is 2. The summed E-state index contributed by atoms with van der Waals surface area (Å²) >= 11 is 0. The molecule has 0 unspecified atom stereocenters. The zero-order valence-electron chi connectivity index (χ0n) is 28.4. The monoisotopic (exact) mass is 651 g/mol. The van der Waals surface area contributed by atoms with Gasteiger partial charge in [0.25, 0.3) is 0 Å². The van der Waals surface area contributed by atoms with E-state index in [-0.39, 0.29) is 36.7 Å². The number of allylic oxidation sites excluding steroid dienone is 1. The highest BCUT2D eigenvalue weighted by molar-refractivity contribution is 5.98. The fourth-order valence-corrected chi connectivity index (χ4v) is 7.73. The molecule has 4 rings (SSSR count). The standard InChI is InChI=1S/C37H53N3O7/c1-7-10-15-22-39(21-9-3)35(44)33-37-20-19-28(47-37)30(31(37)34(43)40(33)27(23-41)24(4)5)36(45)46-32(26-16-13-12-14-17-26)25(6)38-29(42)18-11-8-2/h8-9,12-14,16-17,24-25,27-28,30-33,41H,2-3,7,10-11,15,18-23H2,1,4-6H3,(H,38,42)/t25-,27-,28+,30-,31-,32-,33+,37-/m0/s1. The van der Waals surface area contributed by atoms with Crippen molar-refractivity contribution in [1.29, 1.82) is 0 Å². The van der Waals surface area contributed by atoms with Crippen molar-refractivity contribution in [1.82, 2.24) is 15.1 Å². The number of likely N-dealkylation sites (tertiary alicyclic amines) is 1. The zero-order chi connectivity index (χ0) is 34.3. The molecule has 0 saturated carbocycles. The van der Waals surface area contributed by atoms with Crippen LogP contribution in [0.5, 0.6) is 0 Å². The summed E-state index contributed by atoms with van der Waals surface area (Å²) in [7, 11) is 0. The lowest BCUT2D eigenvalue weighted by Crippen LogP contribution is -2.59. The number of fused-ring (bicyclic) bond motifs is 1. The third kappa shape index (κ3) is 7.33. The second-order valence-corrected chi connectivity index (χ2v) is 13.5. The molecule has 3 amide bonds. The van der Waals surface area contributed by atoms with Crippen LogP contribution in [-0.2, 0) is 28.7 Å². The van der Waals surface area contributed by atoms with Gasteiger partial charge in [0.05, 0.1) is 36.6 Å². The van der Waals surface area contributed by atoms with E-state index in [1.165, 1.54) is 4.90 Å². The molecule has 1 spiro atoms. The first-order valence-corrected chi connectivity index (χ1v) is 17.2. The van der Waals surface area contributed by atoms with Crippen LogP contribution >= 0.6 is 0 Å². The number of rotatable bonds is 18. The van der Waals surface area contributed by atoms with Gasteiger partial charge < -0.3 is 29.7 Å². The number of aliphatic hydroxyl groups excluding tert-OH is 1. The summed E-state index contributed by atoms with van der Waals surface area (Å²) in [5, 5.41) is 13.5. The number of ether oxygens (including phenoxy) is 2. The van der Waals surface area contributed by atoms with E-state index in [0.717, 1.165) is 19.3 Å². The van der Waals surface area contributed by atoms with Gasteiger partial charge in [0.1, 0.15) is 17.7 Å². The minimum Gasteiger partial charge on any atom is -0.455 e. The molecule has 1 aromatic rings. The summed E-state index contributed by atoms with van der Waals surface area (Å²) in [6, 6.07) is 7.01. The maximum Gasteiger partial charge on any atom is 0.313 e. The third-order valence-corrected chi connectivity index (χ3v) is 10.0. The Hall–Kier alpha value is -3.50. The Morgan fingerprint density at radius 1 is 1.17 bits per heavy atom. The topological polar surface area (TPSA) is 125 Å². The third-order valence-electron chi connectivity index (χ3n) is 10.0. The molecule has 3 aliphatic rings. The lowest BCUT2D eigenvalue weighted by Gasteiger charge is -2.40. The average Bonchev–Trinajstić information content (AvgIpc) is 3.70. The Balaban J connectivity index is 1.69. The Morgan fingerprint density at radius 3 is 2.51 bits per heavy atom. The fourth-order valence-electron chi connectivity index (χ4n) is 7.73. The van der Waals surface area contributed by atoms with Gasteiger partial charge in [-0.3, -0.25) is 19.2 Å². The maximum absolute atomic E-state index is 14.6. The fraction of sp³-hybridized carbons (Fsp3) is 0.622. The molecule has 1 aromatic carbocycles. The predicted octanol–water partition coefficient (Wildman–Crippen LogP) is 4.34. The smallest absolute Gasteiger partial charge is 0.313 e. The van der Waals surface area contributed by atoms with Gasteiger partial charge in [-0.2, -0.15) is 0 Å². The second-order valence-electron chi connectivity index (χ2n) is 13.5. The number of nitrogens with one attached hydrogen (secondary N) is 1. The van der Waals surface area contributed by atoms with E-state index in [1.54, 1.807) is 24.0 Å². The lowest BCUT2D eigenvalue weighted by atomic mass is 9.70. The van der Waals surface area contributed by atoms with Crippen LogP contribution in [-0.4, -0.2) is 88.1 Å². The molecule has 10 nitrogen and oxygen atoms in total. The predicted molar refractivity (Wildman–Crippen MR) is 179 cm³/mol. The van der Waals surface area contributed by atoms with Crippen molar-refractivity contribution < 1.29 is 33.8 Å². The average molecular weight is 652 g/mol. The molecular formula is C37H53N3O7. The van der Waals surface area contributed by atoms with Crippen molar-refractivity contribution in [2.45, 2.75) is 109 Å². The van der Waals surface area contributed by atoms with Crippen molar-refractivity contribution in [3.63, 3.8) is 0 Å². The van der Waals surface area contributed by atoms with Gasteiger partial charge in [-0.05, 0) is 44.1 Å². The molecule has 47 heavy (non-hydrogen) atoms. The second kappa shape index (κ2) is 16.1. The summed E-state index contributed by atoms with van der Waals surface area (Å²) in [6.07, 6.45) is 6.40. The van der Waals surface area contributed by atoms with Crippen molar-refractivity contribution in [3.05, 3.63) is 61.2 Å². The SMILES string of the molecule is C=CCCC(=O)N[C@@H](C)[C@H](OC(=O)[C@@H]1[C@H]2C(=O)N([C@@H](CO)C(C)C)[C@H](C(=O)N(CC=C)CCCCC)[C@]23CC[C@H]1O3)c1ccccc1. The zero-order valence-corrected chi connectivity index (χ0v) is 28.4. The van der Waals surface area contributed by atoms with Crippen LogP contribution in [0.15, 0.2) is 55.6 Å². The molecule has 2 N–H and O–H groups in total. The van der Waals surface area contributed by atoms with Gasteiger partial charge >= 0.3 is 5.97 Å². The number of amides is 3. The van der Waals surface area contributed by atoms with Crippen LogP contribution in [0.1, 0.15) is 84.3 Å². The molecule has 3 fully saturated rings. The van der Waals surface area contributed by atoms with E-state index < -0.39 is 53.7 Å². The quantitative estimate of drug-likeness (QED) is 0.138. The van der Waals surface area contributed by atoms with Crippen LogP contribution in [0.25, 0.3) is 0 Å². The number of aliphatic hydroxyl groups is 1. The minimum atomic E-state index is -1.22. The molecule has 10 heteroatoms. The molecular weight excluding hydrogens is 598 g/mol. The maximum atomic E-state index is 14.6. The Labute approximate surface area is 279 Å². The normalized spacial score (nSPS) is 26.4. The number of hydrogen-bond acceptors (Lipinski definition) is 7. The molecule has 3 aliphatic heterocycles. The largest absolute Gasteiger partial charge is 0.455 e. The van der Waals surface area contributed by atoms with Gasteiger partial charge in [0.15, 0.2) is 0 Å². The number of esters is 1. The van der Waals surface area contributed by atoms with E-state index in [0.29, 0.717) is 37.9 Å². The number of hydrogen-bond donors (Lipinski definition) is 2. The van der Waals surface area contributed by atoms with E-state index in [4.69, 9.17) is 9.47 Å². The van der Waals surface area contributed by atoms with E-state index in [1.807, 2.05) is 44.2 Å². The molecule has 0 aliphatic carbocycles. The molecule has 0 radical (unpaired) electrons. The minimum absolute atomic E-state index is 0.155. The van der Waals surface area contributed by atoms with Crippen LogP contribution in [0.2, 0.25) is 0 Å².